The lowest BCUT2D eigenvalue weighted by Crippen LogP contribution is -2.40. The van der Waals surface area contributed by atoms with Crippen molar-refractivity contribution in [2.24, 2.45) is 0 Å². The van der Waals surface area contributed by atoms with Gasteiger partial charge in [0.05, 0.1) is 18.0 Å². The molecule has 6 nitrogen and oxygen atoms in total. The topological polar surface area (TPSA) is 62.5 Å². The highest BCUT2D eigenvalue weighted by atomic mass is 32.1. The minimum absolute atomic E-state index is 0.125. The molecule has 0 spiro atoms. The largest absolute Gasteiger partial charge is 0.418 e. The highest BCUT2D eigenvalue weighted by Crippen LogP contribution is 2.33. The van der Waals surface area contributed by atoms with E-state index in [9.17, 15) is 4.79 Å². The van der Waals surface area contributed by atoms with Gasteiger partial charge in [-0.3, -0.25) is 9.69 Å². The molecule has 0 aliphatic carbocycles. The van der Waals surface area contributed by atoms with Crippen molar-refractivity contribution >= 4 is 28.6 Å². The molecule has 1 aliphatic rings. The van der Waals surface area contributed by atoms with E-state index in [4.69, 9.17) is 4.42 Å². The number of thiophene rings is 2. The third-order valence-electron chi connectivity index (χ3n) is 5.00. The number of hydrogen-bond acceptors (Lipinski definition) is 7. The maximum absolute atomic E-state index is 13.0. The molecule has 0 radical (unpaired) electrons. The fourth-order valence-electron chi connectivity index (χ4n) is 3.67. The SMILES string of the molecule is CCCN(Cc1nnc(-c2cccs2)o1)C(=O)CN1CCCC1c1ccsc1. The molecule has 1 saturated heterocycles. The number of amides is 1. The number of carbonyl (C=O) groups excluding carboxylic acids is 1. The van der Waals surface area contributed by atoms with Gasteiger partial charge < -0.3 is 9.32 Å². The number of hydrogen-bond donors (Lipinski definition) is 0. The van der Waals surface area contributed by atoms with Crippen molar-refractivity contribution in [2.45, 2.75) is 38.8 Å². The number of aromatic nitrogens is 2. The normalized spacial score (nSPS) is 17.2. The van der Waals surface area contributed by atoms with Gasteiger partial charge in [-0.1, -0.05) is 13.0 Å². The van der Waals surface area contributed by atoms with Crippen LogP contribution in [0.15, 0.2) is 38.8 Å². The average Bonchev–Trinajstić information content (AvgIpc) is 3.47. The van der Waals surface area contributed by atoms with E-state index in [0.717, 1.165) is 30.7 Å². The zero-order valence-corrected chi connectivity index (χ0v) is 17.5. The third kappa shape index (κ3) is 4.34. The number of rotatable bonds is 8. The van der Waals surface area contributed by atoms with E-state index in [1.165, 1.54) is 5.56 Å². The van der Waals surface area contributed by atoms with Crippen LogP contribution < -0.4 is 0 Å². The molecule has 0 aromatic carbocycles. The molecule has 1 atom stereocenters. The Morgan fingerprint density at radius 1 is 1.36 bits per heavy atom. The van der Waals surface area contributed by atoms with Crippen molar-refractivity contribution in [3.05, 3.63) is 45.8 Å². The van der Waals surface area contributed by atoms with Crippen molar-refractivity contribution in [2.75, 3.05) is 19.6 Å². The minimum Gasteiger partial charge on any atom is -0.418 e. The summed E-state index contributed by atoms with van der Waals surface area (Å²) < 4.78 is 5.79. The lowest BCUT2D eigenvalue weighted by atomic mass is 10.1. The van der Waals surface area contributed by atoms with Crippen LogP contribution >= 0.6 is 22.7 Å². The Balaban J connectivity index is 1.41. The summed E-state index contributed by atoms with van der Waals surface area (Å²) in [4.78, 5) is 18.1. The highest BCUT2D eigenvalue weighted by molar-refractivity contribution is 7.13. The molecule has 0 saturated carbocycles. The van der Waals surface area contributed by atoms with Crippen LogP contribution in [0.1, 0.15) is 43.7 Å². The fraction of sp³-hybridized carbons (Fsp3) is 0.450. The number of likely N-dealkylation sites (tertiary alicyclic amines) is 1. The van der Waals surface area contributed by atoms with E-state index in [0.29, 0.717) is 37.5 Å². The van der Waals surface area contributed by atoms with Gasteiger partial charge in [0, 0.05) is 12.6 Å². The van der Waals surface area contributed by atoms with Gasteiger partial charge in [0.2, 0.25) is 11.8 Å². The molecule has 4 rings (SSSR count). The van der Waals surface area contributed by atoms with Gasteiger partial charge in [-0.05, 0) is 59.6 Å². The van der Waals surface area contributed by atoms with Crippen molar-refractivity contribution < 1.29 is 9.21 Å². The lowest BCUT2D eigenvalue weighted by Gasteiger charge is -2.27. The quantitative estimate of drug-likeness (QED) is 0.543. The predicted molar refractivity (Wildman–Crippen MR) is 111 cm³/mol. The van der Waals surface area contributed by atoms with Crippen LogP contribution in [0.2, 0.25) is 0 Å². The maximum atomic E-state index is 13.0. The van der Waals surface area contributed by atoms with Crippen LogP contribution in [-0.4, -0.2) is 45.5 Å². The highest BCUT2D eigenvalue weighted by Gasteiger charge is 2.29. The maximum Gasteiger partial charge on any atom is 0.257 e. The van der Waals surface area contributed by atoms with Gasteiger partial charge >= 0.3 is 0 Å². The summed E-state index contributed by atoms with van der Waals surface area (Å²) in [5, 5.41) is 14.6. The standard InChI is InChI=1S/C20H24N4O2S2/c1-2-8-24(12-18-21-22-20(26-18)17-6-4-10-28-17)19(25)13-23-9-3-5-16(23)15-7-11-27-14-15/h4,6-7,10-11,14,16H,2-3,5,8-9,12-13H2,1H3. The van der Waals surface area contributed by atoms with Gasteiger partial charge in [0.25, 0.3) is 5.89 Å². The van der Waals surface area contributed by atoms with E-state index in [-0.39, 0.29) is 5.91 Å². The van der Waals surface area contributed by atoms with Crippen LogP contribution in [0.3, 0.4) is 0 Å². The van der Waals surface area contributed by atoms with Crippen LogP contribution in [0.25, 0.3) is 10.8 Å². The smallest absolute Gasteiger partial charge is 0.257 e. The predicted octanol–water partition coefficient (Wildman–Crippen LogP) is 4.44. The van der Waals surface area contributed by atoms with E-state index < -0.39 is 0 Å². The first-order valence-electron chi connectivity index (χ1n) is 9.64. The summed E-state index contributed by atoms with van der Waals surface area (Å²) in [6.45, 7) is 4.53. The van der Waals surface area contributed by atoms with Gasteiger partial charge in [-0.2, -0.15) is 11.3 Å². The zero-order chi connectivity index (χ0) is 19.3. The molecule has 1 amide bonds. The molecule has 8 heteroatoms. The van der Waals surface area contributed by atoms with Crippen LogP contribution in [0.4, 0.5) is 0 Å². The van der Waals surface area contributed by atoms with Crippen molar-refractivity contribution in [1.29, 1.82) is 0 Å². The fourth-order valence-corrected chi connectivity index (χ4v) is 5.02. The van der Waals surface area contributed by atoms with Gasteiger partial charge in [0.1, 0.15) is 0 Å². The lowest BCUT2D eigenvalue weighted by molar-refractivity contribution is -0.133. The number of carbonyl (C=O) groups is 1. The van der Waals surface area contributed by atoms with E-state index in [2.05, 4.69) is 38.8 Å². The summed E-state index contributed by atoms with van der Waals surface area (Å²) >= 11 is 3.28. The molecule has 0 N–H and O–H groups in total. The second-order valence-corrected chi connectivity index (χ2v) is 8.71. The Labute approximate surface area is 172 Å². The van der Waals surface area contributed by atoms with E-state index in [1.807, 2.05) is 22.4 Å². The first-order valence-corrected chi connectivity index (χ1v) is 11.5. The minimum atomic E-state index is 0.125. The second kappa shape index (κ2) is 8.98. The Kier molecular flexibility index (Phi) is 6.19. The van der Waals surface area contributed by atoms with Crippen LogP contribution in [0, 0.1) is 0 Å². The second-order valence-electron chi connectivity index (χ2n) is 6.98. The monoisotopic (exact) mass is 416 g/mol. The molecule has 28 heavy (non-hydrogen) atoms. The Bertz CT molecular complexity index is 876. The summed E-state index contributed by atoms with van der Waals surface area (Å²) in [5.74, 6) is 1.13. The molecular weight excluding hydrogens is 392 g/mol. The average molecular weight is 417 g/mol. The molecule has 1 fully saturated rings. The first kappa shape index (κ1) is 19.3. The van der Waals surface area contributed by atoms with Crippen molar-refractivity contribution in [1.82, 2.24) is 20.0 Å². The Morgan fingerprint density at radius 2 is 2.29 bits per heavy atom. The van der Waals surface area contributed by atoms with Crippen molar-refractivity contribution in [3.63, 3.8) is 0 Å². The first-order chi connectivity index (χ1) is 13.7. The van der Waals surface area contributed by atoms with Gasteiger partial charge in [0.15, 0.2) is 0 Å². The molecule has 1 unspecified atom stereocenters. The summed E-state index contributed by atoms with van der Waals surface area (Å²) in [5.41, 5.74) is 1.33. The van der Waals surface area contributed by atoms with Gasteiger partial charge in [-0.25, -0.2) is 0 Å². The zero-order valence-electron chi connectivity index (χ0n) is 15.9. The third-order valence-corrected chi connectivity index (χ3v) is 6.56. The molecule has 3 aromatic rings. The molecule has 0 bridgehead atoms. The Hall–Kier alpha value is -2.03. The van der Waals surface area contributed by atoms with Gasteiger partial charge in [-0.15, -0.1) is 21.5 Å². The van der Waals surface area contributed by atoms with E-state index >= 15 is 0 Å². The summed E-state index contributed by atoms with van der Waals surface area (Å²) in [7, 11) is 0. The summed E-state index contributed by atoms with van der Waals surface area (Å²) in [6.07, 6.45) is 3.15. The number of nitrogens with zero attached hydrogens (tertiary/aromatic N) is 4. The van der Waals surface area contributed by atoms with Crippen LogP contribution in [-0.2, 0) is 11.3 Å². The molecule has 1 aliphatic heterocycles. The molecule has 148 valence electrons. The van der Waals surface area contributed by atoms with Crippen molar-refractivity contribution in [3.8, 4) is 10.8 Å². The molecular formula is C20H24N4O2S2. The Morgan fingerprint density at radius 3 is 3.04 bits per heavy atom. The summed E-state index contributed by atoms with van der Waals surface area (Å²) in [6, 6.07) is 6.44. The molecule has 4 heterocycles. The molecule has 3 aromatic heterocycles. The van der Waals surface area contributed by atoms with Crippen LogP contribution in [0.5, 0.6) is 0 Å². The van der Waals surface area contributed by atoms with E-state index in [1.54, 1.807) is 22.7 Å².